The molecule has 1 aliphatic rings. The van der Waals surface area contributed by atoms with Crippen LogP contribution < -0.4 is 0 Å². The van der Waals surface area contributed by atoms with Crippen molar-refractivity contribution in [3.05, 3.63) is 0 Å². The lowest BCUT2D eigenvalue weighted by Gasteiger charge is -2.45. The van der Waals surface area contributed by atoms with E-state index in [1.165, 1.54) is 0 Å². The molecular formula is C14H26O7. The number of Topliss-reactive ketones (excluding diaryl/α,β-unsaturated/α-hetero) is 1. The third-order valence-electron chi connectivity index (χ3n) is 3.81. The highest BCUT2D eigenvalue weighted by Gasteiger charge is 2.53. The van der Waals surface area contributed by atoms with Crippen LogP contribution in [0.2, 0.25) is 0 Å². The van der Waals surface area contributed by atoms with E-state index in [1.807, 2.05) is 0 Å². The Morgan fingerprint density at radius 2 is 1.81 bits per heavy atom. The summed E-state index contributed by atoms with van der Waals surface area (Å²) in [5.41, 5.74) is 0. The van der Waals surface area contributed by atoms with E-state index in [1.54, 1.807) is 0 Å². The summed E-state index contributed by atoms with van der Waals surface area (Å²) in [5.74, 6) is -2.58. The summed E-state index contributed by atoms with van der Waals surface area (Å²) in [5, 5.41) is 48.4. The fourth-order valence-electron chi connectivity index (χ4n) is 2.49. The van der Waals surface area contributed by atoms with Gasteiger partial charge in [-0.3, -0.25) is 4.79 Å². The Balaban J connectivity index is 2.59. The number of unbranched alkanes of at least 4 members (excludes halogenated alkanes) is 3. The summed E-state index contributed by atoms with van der Waals surface area (Å²) in [4.78, 5) is 11.9. The lowest BCUT2D eigenvalue weighted by molar-refractivity contribution is -0.347. The number of aliphatic hydroxyl groups excluding tert-OH is 4. The molecule has 0 unspecified atom stereocenters. The minimum atomic E-state index is -2.28. The van der Waals surface area contributed by atoms with Crippen LogP contribution in [0.5, 0.6) is 0 Å². The first-order valence-electron chi connectivity index (χ1n) is 7.42. The van der Waals surface area contributed by atoms with E-state index in [9.17, 15) is 25.2 Å². The zero-order valence-corrected chi connectivity index (χ0v) is 12.3. The van der Waals surface area contributed by atoms with E-state index >= 15 is 0 Å². The molecule has 1 rings (SSSR count). The van der Waals surface area contributed by atoms with Gasteiger partial charge in [0.25, 0.3) is 0 Å². The fourth-order valence-corrected chi connectivity index (χ4v) is 2.49. The van der Waals surface area contributed by atoms with Crippen molar-refractivity contribution in [1.29, 1.82) is 0 Å². The molecule has 1 heterocycles. The highest BCUT2D eigenvalue weighted by atomic mass is 16.7. The molecule has 0 amide bonds. The van der Waals surface area contributed by atoms with Gasteiger partial charge in [0.15, 0.2) is 0 Å². The fraction of sp³-hybridized carbons (Fsp3) is 0.929. The molecule has 0 bridgehead atoms. The third-order valence-corrected chi connectivity index (χ3v) is 3.81. The molecule has 7 nitrogen and oxygen atoms in total. The Morgan fingerprint density at radius 3 is 2.38 bits per heavy atom. The van der Waals surface area contributed by atoms with Gasteiger partial charge in [0.05, 0.1) is 13.0 Å². The first-order chi connectivity index (χ1) is 9.85. The van der Waals surface area contributed by atoms with E-state index in [-0.39, 0.29) is 12.2 Å². The van der Waals surface area contributed by atoms with Crippen LogP contribution in [-0.2, 0) is 9.53 Å². The zero-order chi connectivity index (χ0) is 16.0. The number of carbonyl (C=O) groups excluding carboxylic acids is 1. The van der Waals surface area contributed by atoms with Crippen molar-refractivity contribution in [3.8, 4) is 0 Å². The van der Waals surface area contributed by atoms with Crippen molar-refractivity contribution in [1.82, 2.24) is 0 Å². The Kier molecular flexibility index (Phi) is 7.19. The molecule has 0 aromatic heterocycles. The minimum Gasteiger partial charge on any atom is -0.394 e. The highest BCUT2D eigenvalue weighted by Crippen LogP contribution is 2.31. The van der Waals surface area contributed by atoms with Crippen molar-refractivity contribution in [2.24, 2.45) is 0 Å². The van der Waals surface area contributed by atoms with Gasteiger partial charge >= 0.3 is 0 Å². The van der Waals surface area contributed by atoms with Crippen LogP contribution in [0, 0.1) is 0 Å². The van der Waals surface area contributed by atoms with Crippen LogP contribution in [0.3, 0.4) is 0 Å². The van der Waals surface area contributed by atoms with Gasteiger partial charge in [-0.25, -0.2) is 0 Å². The standard InChI is InChI=1S/C14H26O7/c1-2-3-4-5-6-9(16)7-14(20)13(19)12(18)11(17)10(8-15)21-14/h10-13,15,17-20H,2-8H2,1H3/t10-,11-,12+,13+,14-/m1/s1. The van der Waals surface area contributed by atoms with Crippen LogP contribution in [0.4, 0.5) is 0 Å². The van der Waals surface area contributed by atoms with E-state index in [0.717, 1.165) is 19.3 Å². The van der Waals surface area contributed by atoms with Crippen LogP contribution in [0.25, 0.3) is 0 Å². The summed E-state index contributed by atoms with van der Waals surface area (Å²) >= 11 is 0. The average molecular weight is 306 g/mol. The Hall–Kier alpha value is -0.570. The maximum atomic E-state index is 11.9. The van der Waals surface area contributed by atoms with Gasteiger partial charge in [-0.05, 0) is 6.42 Å². The summed E-state index contributed by atoms with van der Waals surface area (Å²) in [7, 11) is 0. The van der Waals surface area contributed by atoms with Crippen molar-refractivity contribution < 1.29 is 35.1 Å². The van der Waals surface area contributed by atoms with Gasteiger partial charge in [0.1, 0.15) is 30.2 Å². The molecule has 5 N–H and O–H groups in total. The number of hydrogen-bond donors (Lipinski definition) is 5. The van der Waals surface area contributed by atoms with Crippen LogP contribution in [0.1, 0.15) is 45.4 Å². The van der Waals surface area contributed by atoms with E-state index < -0.39 is 43.2 Å². The molecule has 0 radical (unpaired) electrons. The predicted octanol–water partition coefficient (Wildman–Crippen LogP) is -0.922. The van der Waals surface area contributed by atoms with Gasteiger partial charge in [-0.1, -0.05) is 26.2 Å². The van der Waals surface area contributed by atoms with E-state index in [0.29, 0.717) is 6.42 Å². The Morgan fingerprint density at radius 1 is 1.14 bits per heavy atom. The van der Waals surface area contributed by atoms with Gasteiger partial charge in [-0.15, -0.1) is 0 Å². The minimum absolute atomic E-state index is 0.251. The molecule has 7 heteroatoms. The number of ether oxygens (including phenoxy) is 1. The van der Waals surface area contributed by atoms with Gasteiger partial charge < -0.3 is 30.3 Å². The maximum Gasteiger partial charge on any atom is 0.202 e. The molecule has 0 aliphatic carbocycles. The second-order valence-electron chi connectivity index (χ2n) is 5.64. The first-order valence-corrected chi connectivity index (χ1v) is 7.42. The molecule has 1 aliphatic heterocycles. The quantitative estimate of drug-likeness (QED) is 0.367. The second-order valence-corrected chi connectivity index (χ2v) is 5.64. The molecule has 0 spiro atoms. The summed E-state index contributed by atoms with van der Waals surface area (Å²) in [6.45, 7) is 1.41. The van der Waals surface area contributed by atoms with E-state index in [2.05, 4.69) is 6.92 Å². The lowest BCUT2D eigenvalue weighted by atomic mass is 9.89. The lowest BCUT2D eigenvalue weighted by Crippen LogP contribution is -2.65. The van der Waals surface area contributed by atoms with Crippen molar-refractivity contribution >= 4 is 5.78 Å². The molecule has 0 saturated carbocycles. The number of rotatable bonds is 8. The number of ketones is 1. The van der Waals surface area contributed by atoms with Crippen LogP contribution in [-0.4, -0.2) is 68.1 Å². The molecule has 124 valence electrons. The van der Waals surface area contributed by atoms with Gasteiger partial charge in [0, 0.05) is 6.42 Å². The largest absolute Gasteiger partial charge is 0.394 e. The average Bonchev–Trinajstić information content (AvgIpc) is 2.45. The van der Waals surface area contributed by atoms with Crippen molar-refractivity contribution in [3.63, 3.8) is 0 Å². The van der Waals surface area contributed by atoms with Crippen LogP contribution >= 0.6 is 0 Å². The van der Waals surface area contributed by atoms with Gasteiger partial charge in [0.2, 0.25) is 5.79 Å². The summed E-state index contributed by atoms with van der Waals surface area (Å²) in [6, 6.07) is 0. The third kappa shape index (κ3) is 4.70. The first kappa shape index (κ1) is 18.5. The molecule has 0 aromatic rings. The molecule has 21 heavy (non-hydrogen) atoms. The SMILES string of the molecule is CCCCCCC(=O)C[C@@]1(O)O[C@H](CO)[C@@H](O)[C@H](O)[C@@H]1O. The summed E-state index contributed by atoms with van der Waals surface area (Å²) < 4.78 is 5.04. The Labute approximate surface area is 124 Å². The van der Waals surface area contributed by atoms with Crippen molar-refractivity contribution in [2.75, 3.05) is 6.61 Å². The van der Waals surface area contributed by atoms with E-state index in [4.69, 9.17) is 9.84 Å². The number of hydrogen-bond acceptors (Lipinski definition) is 7. The number of carbonyl (C=O) groups is 1. The monoisotopic (exact) mass is 306 g/mol. The topological polar surface area (TPSA) is 127 Å². The number of aliphatic hydroxyl groups is 5. The predicted molar refractivity (Wildman–Crippen MR) is 73.3 cm³/mol. The van der Waals surface area contributed by atoms with Crippen LogP contribution in [0.15, 0.2) is 0 Å². The molecule has 5 atom stereocenters. The molecule has 1 fully saturated rings. The Bertz CT molecular complexity index is 333. The zero-order valence-electron chi connectivity index (χ0n) is 12.3. The highest BCUT2D eigenvalue weighted by molar-refractivity contribution is 5.79. The van der Waals surface area contributed by atoms with Crippen molar-refractivity contribution in [2.45, 2.75) is 75.7 Å². The molecule has 1 saturated heterocycles. The maximum absolute atomic E-state index is 11.9. The molecular weight excluding hydrogens is 280 g/mol. The summed E-state index contributed by atoms with van der Waals surface area (Å²) in [6.07, 6.45) is -2.84. The van der Waals surface area contributed by atoms with Gasteiger partial charge in [-0.2, -0.15) is 0 Å². The normalized spacial score (nSPS) is 36.7. The molecule has 0 aromatic carbocycles. The second kappa shape index (κ2) is 8.17. The smallest absolute Gasteiger partial charge is 0.202 e.